The molecule has 0 saturated carbocycles. The molecule has 1 N–H and O–H groups in total. The van der Waals surface area contributed by atoms with Gasteiger partial charge in [0.05, 0.1) is 5.69 Å². The Morgan fingerprint density at radius 2 is 2.00 bits per heavy atom. The normalized spacial score (nSPS) is 10.9. The van der Waals surface area contributed by atoms with E-state index in [0.717, 1.165) is 15.6 Å². The Morgan fingerprint density at radius 1 is 1.21 bits per heavy atom. The van der Waals surface area contributed by atoms with Crippen LogP contribution in [0.5, 0.6) is 0 Å². The van der Waals surface area contributed by atoms with Gasteiger partial charge in [-0.05, 0) is 48.0 Å². The van der Waals surface area contributed by atoms with Crippen molar-refractivity contribution in [3.63, 3.8) is 0 Å². The molecule has 120 valence electrons. The molecule has 0 spiro atoms. The first-order chi connectivity index (χ1) is 11.6. The van der Waals surface area contributed by atoms with Crippen molar-refractivity contribution < 1.29 is 9.18 Å². The van der Waals surface area contributed by atoms with E-state index in [4.69, 9.17) is 0 Å². The van der Waals surface area contributed by atoms with Crippen LogP contribution in [0.25, 0.3) is 17.3 Å². The maximum atomic E-state index is 12.9. The molecule has 0 aliphatic rings. The van der Waals surface area contributed by atoms with Crippen molar-refractivity contribution in [2.45, 2.75) is 0 Å². The van der Waals surface area contributed by atoms with E-state index in [1.807, 2.05) is 29.6 Å². The summed E-state index contributed by atoms with van der Waals surface area (Å²) >= 11 is 4.71. The molecule has 0 aliphatic heterocycles. The number of rotatable bonds is 4. The Kier molecular flexibility index (Phi) is 5.17. The van der Waals surface area contributed by atoms with Crippen LogP contribution in [0.2, 0.25) is 0 Å². The molecular weight excluding hydrogens is 391 g/mol. The smallest absolute Gasteiger partial charge is 0.250 e. The van der Waals surface area contributed by atoms with Crippen molar-refractivity contribution in [1.82, 2.24) is 4.98 Å². The van der Waals surface area contributed by atoms with E-state index in [0.29, 0.717) is 10.8 Å². The standard InChI is InChI=1S/C18H12BrFN2OS/c19-14-3-1-2-12(10-14)4-9-17(23)22-18-21-16(11-24-18)13-5-7-15(20)8-6-13/h1-11H,(H,21,22,23)/b9-4+. The molecule has 3 rings (SSSR count). The van der Waals surface area contributed by atoms with Crippen molar-refractivity contribution in [3.05, 3.63) is 75.8 Å². The number of nitrogens with zero attached hydrogens (tertiary/aromatic N) is 1. The molecule has 0 unspecified atom stereocenters. The van der Waals surface area contributed by atoms with Crippen molar-refractivity contribution in [2.24, 2.45) is 0 Å². The van der Waals surface area contributed by atoms with Gasteiger partial charge in [-0.15, -0.1) is 11.3 Å². The van der Waals surface area contributed by atoms with E-state index in [1.165, 1.54) is 29.5 Å². The second kappa shape index (κ2) is 7.51. The van der Waals surface area contributed by atoms with Gasteiger partial charge in [-0.3, -0.25) is 10.1 Å². The van der Waals surface area contributed by atoms with E-state index in [1.54, 1.807) is 18.2 Å². The summed E-state index contributed by atoms with van der Waals surface area (Å²) in [5, 5.41) is 5.04. The Labute approximate surface area is 151 Å². The highest BCUT2D eigenvalue weighted by molar-refractivity contribution is 9.10. The molecule has 3 aromatic rings. The molecule has 1 aromatic heterocycles. The number of carbonyl (C=O) groups excluding carboxylic acids is 1. The molecule has 1 heterocycles. The first-order valence-corrected chi connectivity index (χ1v) is 8.73. The molecule has 2 aromatic carbocycles. The predicted octanol–water partition coefficient (Wildman–Crippen LogP) is 5.36. The fourth-order valence-electron chi connectivity index (χ4n) is 2.01. The van der Waals surface area contributed by atoms with Gasteiger partial charge in [0.1, 0.15) is 5.82 Å². The summed E-state index contributed by atoms with van der Waals surface area (Å²) < 4.78 is 13.9. The largest absolute Gasteiger partial charge is 0.298 e. The third kappa shape index (κ3) is 4.37. The molecule has 0 radical (unpaired) electrons. The first kappa shape index (κ1) is 16.5. The van der Waals surface area contributed by atoms with Crippen LogP contribution in [0.15, 0.2) is 64.5 Å². The summed E-state index contributed by atoms with van der Waals surface area (Å²) in [7, 11) is 0. The maximum absolute atomic E-state index is 12.9. The Balaban J connectivity index is 1.66. The molecule has 0 atom stereocenters. The molecule has 0 aliphatic carbocycles. The van der Waals surface area contributed by atoms with Crippen LogP contribution < -0.4 is 5.32 Å². The van der Waals surface area contributed by atoms with Gasteiger partial charge in [-0.25, -0.2) is 9.37 Å². The average Bonchev–Trinajstić information content (AvgIpc) is 3.02. The summed E-state index contributed by atoms with van der Waals surface area (Å²) in [5.74, 6) is -0.546. The number of aromatic nitrogens is 1. The van der Waals surface area contributed by atoms with Crippen LogP contribution in [0.1, 0.15) is 5.56 Å². The highest BCUT2D eigenvalue weighted by Gasteiger charge is 2.06. The number of benzene rings is 2. The molecule has 0 bridgehead atoms. The summed E-state index contributed by atoms with van der Waals surface area (Å²) in [4.78, 5) is 16.3. The van der Waals surface area contributed by atoms with Gasteiger partial charge >= 0.3 is 0 Å². The zero-order valence-electron chi connectivity index (χ0n) is 12.4. The van der Waals surface area contributed by atoms with Crippen molar-refractivity contribution in [2.75, 3.05) is 5.32 Å². The minimum atomic E-state index is -0.291. The van der Waals surface area contributed by atoms with Crippen LogP contribution in [0.4, 0.5) is 9.52 Å². The fourth-order valence-corrected chi connectivity index (χ4v) is 3.15. The summed E-state index contributed by atoms with van der Waals surface area (Å²) in [6.07, 6.45) is 3.19. The minimum Gasteiger partial charge on any atom is -0.298 e. The Hall–Kier alpha value is -2.31. The van der Waals surface area contributed by atoms with Crippen molar-refractivity contribution >= 4 is 44.4 Å². The maximum Gasteiger partial charge on any atom is 0.250 e. The van der Waals surface area contributed by atoms with E-state index >= 15 is 0 Å². The predicted molar refractivity (Wildman–Crippen MR) is 99.3 cm³/mol. The molecule has 6 heteroatoms. The molecule has 3 nitrogen and oxygen atoms in total. The van der Waals surface area contributed by atoms with Gasteiger partial charge in [-0.2, -0.15) is 0 Å². The number of amides is 1. The van der Waals surface area contributed by atoms with Gasteiger partial charge in [0.25, 0.3) is 0 Å². The third-order valence-electron chi connectivity index (χ3n) is 3.15. The molecule has 0 saturated heterocycles. The minimum absolute atomic E-state index is 0.255. The summed E-state index contributed by atoms with van der Waals surface area (Å²) in [6.45, 7) is 0. The van der Waals surface area contributed by atoms with Gasteiger partial charge in [-0.1, -0.05) is 28.1 Å². The molecule has 1 amide bonds. The topological polar surface area (TPSA) is 42.0 Å². The van der Waals surface area contributed by atoms with Gasteiger partial charge in [0, 0.05) is 21.5 Å². The first-order valence-electron chi connectivity index (χ1n) is 7.06. The molecule has 0 fully saturated rings. The van der Waals surface area contributed by atoms with Crippen LogP contribution in [0.3, 0.4) is 0 Å². The Morgan fingerprint density at radius 3 is 2.75 bits per heavy atom. The second-order valence-corrected chi connectivity index (χ2v) is 6.70. The van der Waals surface area contributed by atoms with E-state index in [2.05, 4.69) is 26.2 Å². The highest BCUT2D eigenvalue weighted by Crippen LogP contribution is 2.25. The lowest BCUT2D eigenvalue weighted by molar-refractivity contribution is -0.111. The van der Waals surface area contributed by atoms with E-state index in [-0.39, 0.29) is 11.7 Å². The van der Waals surface area contributed by atoms with Crippen LogP contribution >= 0.6 is 27.3 Å². The number of carbonyl (C=O) groups is 1. The highest BCUT2D eigenvalue weighted by atomic mass is 79.9. The van der Waals surface area contributed by atoms with E-state index < -0.39 is 0 Å². The monoisotopic (exact) mass is 402 g/mol. The van der Waals surface area contributed by atoms with Crippen molar-refractivity contribution in [3.8, 4) is 11.3 Å². The van der Waals surface area contributed by atoms with Crippen LogP contribution in [-0.4, -0.2) is 10.9 Å². The quantitative estimate of drug-likeness (QED) is 0.596. The Bertz CT molecular complexity index is 890. The number of thiazole rings is 1. The number of hydrogen-bond acceptors (Lipinski definition) is 3. The van der Waals surface area contributed by atoms with Crippen molar-refractivity contribution in [1.29, 1.82) is 0 Å². The number of nitrogens with one attached hydrogen (secondary N) is 1. The summed E-state index contributed by atoms with van der Waals surface area (Å²) in [6, 6.07) is 13.7. The molecular formula is C18H12BrFN2OS. The third-order valence-corrected chi connectivity index (χ3v) is 4.40. The van der Waals surface area contributed by atoms with Gasteiger partial charge in [0.2, 0.25) is 5.91 Å². The second-order valence-electron chi connectivity index (χ2n) is 4.92. The van der Waals surface area contributed by atoms with Gasteiger partial charge < -0.3 is 0 Å². The lowest BCUT2D eigenvalue weighted by Crippen LogP contribution is -2.07. The van der Waals surface area contributed by atoms with E-state index in [9.17, 15) is 9.18 Å². The number of hydrogen-bond donors (Lipinski definition) is 1. The van der Waals surface area contributed by atoms with Gasteiger partial charge in [0.15, 0.2) is 5.13 Å². The average molecular weight is 403 g/mol. The molecule has 24 heavy (non-hydrogen) atoms. The lowest BCUT2D eigenvalue weighted by atomic mass is 10.2. The number of anilines is 1. The van der Waals surface area contributed by atoms with Crippen LogP contribution in [0, 0.1) is 5.82 Å². The zero-order chi connectivity index (χ0) is 16.9. The lowest BCUT2D eigenvalue weighted by Gasteiger charge is -1.98. The SMILES string of the molecule is O=C(/C=C/c1cccc(Br)c1)Nc1nc(-c2ccc(F)cc2)cs1. The summed E-state index contributed by atoms with van der Waals surface area (Å²) in [5.41, 5.74) is 2.43. The van der Waals surface area contributed by atoms with Crippen LogP contribution in [-0.2, 0) is 4.79 Å². The fraction of sp³-hybridized carbons (Fsp3) is 0. The zero-order valence-corrected chi connectivity index (χ0v) is 14.8. The number of halogens is 2.